The van der Waals surface area contributed by atoms with Gasteiger partial charge in [-0.15, -0.1) is 0 Å². The number of carbonyl (C=O) groups is 2. The first-order chi connectivity index (χ1) is 13.9. The number of methoxy groups -OCH3 is 1. The Morgan fingerprint density at radius 2 is 1.66 bits per heavy atom. The highest BCUT2D eigenvalue weighted by Crippen LogP contribution is 2.18. The van der Waals surface area contributed by atoms with Crippen molar-refractivity contribution in [2.75, 3.05) is 7.11 Å². The van der Waals surface area contributed by atoms with Crippen molar-refractivity contribution in [3.63, 3.8) is 0 Å². The molecule has 0 saturated carbocycles. The summed E-state index contributed by atoms with van der Waals surface area (Å²) < 4.78 is 5.22. The monoisotopic (exact) mass is 396 g/mol. The fourth-order valence-electron chi connectivity index (χ4n) is 3.27. The highest BCUT2D eigenvalue weighted by atomic mass is 16.5. The smallest absolute Gasteiger partial charge is 0.243 e. The predicted molar refractivity (Wildman–Crippen MR) is 116 cm³/mol. The molecule has 2 aromatic carbocycles. The van der Waals surface area contributed by atoms with Crippen LogP contribution in [0, 0.1) is 0 Å². The van der Waals surface area contributed by atoms with Gasteiger partial charge in [-0.05, 0) is 49.9 Å². The van der Waals surface area contributed by atoms with E-state index in [1.807, 2.05) is 75.4 Å². The maximum absolute atomic E-state index is 13.2. The van der Waals surface area contributed by atoms with Crippen LogP contribution < -0.4 is 10.1 Å². The van der Waals surface area contributed by atoms with Gasteiger partial charge in [-0.25, -0.2) is 0 Å². The van der Waals surface area contributed by atoms with Crippen LogP contribution in [-0.4, -0.2) is 35.9 Å². The summed E-state index contributed by atoms with van der Waals surface area (Å²) in [5.74, 6) is 0.639. The van der Waals surface area contributed by atoms with Crippen LogP contribution in [-0.2, 0) is 22.6 Å². The lowest BCUT2D eigenvalue weighted by atomic mass is 10.1. The maximum Gasteiger partial charge on any atom is 0.243 e. The first-order valence-electron chi connectivity index (χ1n) is 10.2. The van der Waals surface area contributed by atoms with E-state index in [1.54, 1.807) is 12.0 Å². The van der Waals surface area contributed by atoms with E-state index < -0.39 is 6.04 Å². The fourth-order valence-corrected chi connectivity index (χ4v) is 3.27. The van der Waals surface area contributed by atoms with Gasteiger partial charge in [0.05, 0.1) is 7.11 Å². The zero-order valence-electron chi connectivity index (χ0n) is 17.9. The van der Waals surface area contributed by atoms with Crippen LogP contribution in [0.2, 0.25) is 0 Å². The number of hydrogen-bond donors (Lipinski definition) is 1. The Balaban J connectivity index is 2.19. The summed E-state index contributed by atoms with van der Waals surface area (Å²) in [6.07, 6.45) is 1.58. The standard InChI is InChI=1S/C24H32N2O3/c1-5-22(24(28)25-18(2)3)26(17-20-11-14-21(29-4)15-12-20)23(27)16-13-19-9-7-6-8-10-19/h6-12,14-15,18,22H,5,13,16-17H2,1-4H3,(H,25,28)/t22-/m1/s1. The SMILES string of the molecule is CC[C@H](C(=O)NC(C)C)N(Cc1ccc(OC)cc1)C(=O)CCc1ccccc1. The van der Waals surface area contributed by atoms with Gasteiger partial charge in [-0.3, -0.25) is 9.59 Å². The molecule has 0 aromatic heterocycles. The minimum absolute atomic E-state index is 0.0181. The van der Waals surface area contributed by atoms with Crippen molar-refractivity contribution in [1.82, 2.24) is 10.2 Å². The highest BCUT2D eigenvalue weighted by Gasteiger charge is 2.28. The van der Waals surface area contributed by atoms with Crippen molar-refractivity contribution in [2.45, 2.75) is 58.7 Å². The van der Waals surface area contributed by atoms with Gasteiger partial charge >= 0.3 is 0 Å². The molecule has 0 unspecified atom stereocenters. The molecule has 156 valence electrons. The Labute approximate surface area is 174 Å². The summed E-state index contributed by atoms with van der Waals surface area (Å²) in [5.41, 5.74) is 2.08. The van der Waals surface area contributed by atoms with Crippen molar-refractivity contribution in [2.24, 2.45) is 0 Å². The van der Waals surface area contributed by atoms with Gasteiger partial charge in [0.25, 0.3) is 0 Å². The number of nitrogens with zero attached hydrogens (tertiary/aromatic N) is 1. The second-order valence-corrected chi connectivity index (χ2v) is 7.44. The molecule has 0 heterocycles. The molecule has 5 nitrogen and oxygen atoms in total. The molecule has 29 heavy (non-hydrogen) atoms. The largest absolute Gasteiger partial charge is 0.497 e. The highest BCUT2D eigenvalue weighted by molar-refractivity contribution is 5.87. The van der Waals surface area contributed by atoms with Crippen molar-refractivity contribution >= 4 is 11.8 Å². The molecule has 2 rings (SSSR count). The Bertz CT molecular complexity index is 772. The van der Waals surface area contributed by atoms with E-state index in [9.17, 15) is 9.59 Å². The first kappa shape index (κ1) is 22.5. The maximum atomic E-state index is 13.2. The average Bonchev–Trinajstić information content (AvgIpc) is 2.72. The molecule has 1 N–H and O–H groups in total. The Hall–Kier alpha value is -2.82. The van der Waals surface area contributed by atoms with E-state index in [2.05, 4.69) is 5.32 Å². The van der Waals surface area contributed by atoms with Gasteiger partial charge in [-0.2, -0.15) is 0 Å². The number of carbonyl (C=O) groups excluding carboxylic acids is 2. The van der Waals surface area contributed by atoms with Crippen LogP contribution in [0.3, 0.4) is 0 Å². The topological polar surface area (TPSA) is 58.6 Å². The van der Waals surface area contributed by atoms with Crippen LogP contribution in [0.15, 0.2) is 54.6 Å². The van der Waals surface area contributed by atoms with Crippen molar-refractivity contribution < 1.29 is 14.3 Å². The van der Waals surface area contributed by atoms with Crippen molar-refractivity contribution in [1.29, 1.82) is 0 Å². The van der Waals surface area contributed by atoms with Gasteiger partial charge in [0.1, 0.15) is 11.8 Å². The van der Waals surface area contributed by atoms with E-state index in [-0.39, 0.29) is 17.9 Å². The summed E-state index contributed by atoms with van der Waals surface area (Å²) in [5, 5.41) is 2.95. The average molecular weight is 397 g/mol. The summed E-state index contributed by atoms with van der Waals surface area (Å²) in [4.78, 5) is 27.6. The lowest BCUT2D eigenvalue weighted by Gasteiger charge is -2.31. The van der Waals surface area contributed by atoms with Crippen molar-refractivity contribution in [3.05, 3.63) is 65.7 Å². The molecular formula is C24H32N2O3. The second kappa shape index (κ2) is 11.2. The summed E-state index contributed by atoms with van der Waals surface area (Å²) in [6, 6.07) is 17.1. The van der Waals surface area contributed by atoms with Crippen LogP contribution in [0.1, 0.15) is 44.7 Å². The number of aryl methyl sites for hydroxylation is 1. The molecule has 1 atom stereocenters. The quantitative estimate of drug-likeness (QED) is 0.661. The molecule has 0 aliphatic carbocycles. The summed E-state index contributed by atoms with van der Waals surface area (Å²) in [6.45, 7) is 6.18. The Kier molecular flexibility index (Phi) is 8.71. The van der Waals surface area contributed by atoms with Gasteiger partial charge in [0.2, 0.25) is 11.8 Å². The number of amides is 2. The van der Waals surface area contributed by atoms with Gasteiger partial charge < -0.3 is 15.0 Å². The molecular weight excluding hydrogens is 364 g/mol. The number of hydrogen-bond acceptors (Lipinski definition) is 3. The molecule has 0 fully saturated rings. The lowest BCUT2D eigenvalue weighted by molar-refractivity contribution is -0.141. The number of benzene rings is 2. The Morgan fingerprint density at radius 1 is 1.00 bits per heavy atom. The summed E-state index contributed by atoms with van der Waals surface area (Å²) in [7, 11) is 1.62. The Morgan fingerprint density at radius 3 is 2.21 bits per heavy atom. The molecule has 2 aromatic rings. The van der Waals surface area contributed by atoms with E-state index >= 15 is 0 Å². The number of ether oxygens (including phenoxy) is 1. The lowest BCUT2D eigenvalue weighted by Crippen LogP contribution is -2.50. The molecule has 5 heteroatoms. The molecule has 0 radical (unpaired) electrons. The fraction of sp³-hybridized carbons (Fsp3) is 0.417. The molecule has 0 saturated heterocycles. The minimum Gasteiger partial charge on any atom is -0.497 e. The third-order valence-corrected chi connectivity index (χ3v) is 4.80. The molecule has 2 amide bonds. The number of rotatable bonds is 10. The van der Waals surface area contributed by atoms with Gasteiger partial charge in [0, 0.05) is 19.0 Å². The molecule has 0 bridgehead atoms. The van der Waals surface area contributed by atoms with E-state index in [0.717, 1.165) is 16.9 Å². The van der Waals surface area contributed by atoms with E-state index in [4.69, 9.17) is 4.74 Å². The third kappa shape index (κ3) is 6.93. The zero-order chi connectivity index (χ0) is 21.2. The third-order valence-electron chi connectivity index (χ3n) is 4.80. The van der Waals surface area contributed by atoms with Gasteiger partial charge in [0.15, 0.2) is 0 Å². The molecule has 0 spiro atoms. The predicted octanol–water partition coefficient (Wildman–Crippen LogP) is 3.96. The van der Waals surface area contributed by atoms with Crippen molar-refractivity contribution in [3.8, 4) is 5.75 Å². The minimum atomic E-state index is -0.497. The van der Waals surface area contributed by atoms with E-state index in [0.29, 0.717) is 25.8 Å². The van der Waals surface area contributed by atoms with E-state index in [1.165, 1.54) is 0 Å². The molecule has 0 aliphatic heterocycles. The normalized spacial score (nSPS) is 11.8. The zero-order valence-corrected chi connectivity index (χ0v) is 17.9. The number of nitrogens with one attached hydrogen (secondary N) is 1. The van der Waals surface area contributed by atoms with Crippen LogP contribution in [0.5, 0.6) is 5.75 Å². The van der Waals surface area contributed by atoms with Crippen LogP contribution in [0.25, 0.3) is 0 Å². The van der Waals surface area contributed by atoms with Crippen LogP contribution in [0.4, 0.5) is 0 Å². The second-order valence-electron chi connectivity index (χ2n) is 7.44. The molecule has 0 aliphatic rings. The first-order valence-corrected chi connectivity index (χ1v) is 10.2. The van der Waals surface area contributed by atoms with Crippen LogP contribution >= 0.6 is 0 Å². The summed E-state index contributed by atoms with van der Waals surface area (Å²) >= 11 is 0. The van der Waals surface area contributed by atoms with Gasteiger partial charge in [-0.1, -0.05) is 49.4 Å².